The van der Waals surface area contributed by atoms with Crippen LogP contribution in [0.4, 0.5) is 4.39 Å². The van der Waals surface area contributed by atoms with Gasteiger partial charge in [-0.05, 0) is 24.6 Å². The van der Waals surface area contributed by atoms with E-state index in [1.165, 1.54) is 13.2 Å². The third-order valence-electron chi connectivity index (χ3n) is 3.54. The van der Waals surface area contributed by atoms with Crippen molar-refractivity contribution in [2.45, 2.75) is 19.5 Å². The van der Waals surface area contributed by atoms with Crippen molar-refractivity contribution < 1.29 is 13.9 Å². The summed E-state index contributed by atoms with van der Waals surface area (Å²) in [5.74, 6) is -0.455. The number of likely N-dealkylation sites (tertiary alicyclic amines) is 1. The van der Waals surface area contributed by atoms with Gasteiger partial charge in [-0.2, -0.15) is 0 Å². The van der Waals surface area contributed by atoms with Gasteiger partial charge in [0.05, 0.1) is 13.0 Å². The zero-order valence-electron chi connectivity index (χ0n) is 11.1. The number of nitrogens with two attached hydrogens (primary N) is 1. The molecule has 1 saturated heterocycles. The smallest absolute Gasteiger partial charge is 0.310 e. The minimum absolute atomic E-state index is 0.0422. The largest absolute Gasteiger partial charge is 0.469 e. The van der Waals surface area contributed by atoms with Crippen molar-refractivity contribution in [1.82, 2.24) is 4.90 Å². The number of methoxy groups -OCH3 is 1. The van der Waals surface area contributed by atoms with Crippen molar-refractivity contribution in [3.05, 3.63) is 35.1 Å². The molecule has 2 rings (SSSR count). The molecule has 0 amide bonds. The molecule has 0 aliphatic carbocycles. The van der Waals surface area contributed by atoms with Crippen LogP contribution in [-0.2, 0) is 22.6 Å². The third kappa shape index (κ3) is 3.30. The highest BCUT2D eigenvalue weighted by Crippen LogP contribution is 2.20. The summed E-state index contributed by atoms with van der Waals surface area (Å²) in [5, 5.41) is 0. The summed E-state index contributed by atoms with van der Waals surface area (Å²) in [6.45, 7) is 2.46. The molecule has 1 aromatic rings. The first-order chi connectivity index (χ1) is 9.13. The predicted molar refractivity (Wildman–Crippen MR) is 69.7 cm³/mol. The van der Waals surface area contributed by atoms with Crippen molar-refractivity contribution in [3.8, 4) is 0 Å². The van der Waals surface area contributed by atoms with E-state index in [2.05, 4.69) is 4.90 Å². The summed E-state index contributed by atoms with van der Waals surface area (Å²) in [7, 11) is 1.42. The Kier molecular flexibility index (Phi) is 4.50. The van der Waals surface area contributed by atoms with Crippen molar-refractivity contribution in [2.24, 2.45) is 11.7 Å². The van der Waals surface area contributed by atoms with Crippen LogP contribution in [0, 0.1) is 11.7 Å². The highest BCUT2D eigenvalue weighted by Gasteiger charge is 2.28. The number of nitrogens with zero attached hydrogens (tertiary/aromatic N) is 1. The molecule has 1 aliphatic rings. The predicted octanol–water partition coefficient (Wildman–Crippen LogP) is 1.28. The standard InChI is InChI=1S/C14H19FN2O2/c1-19-14(18)11-4-5-17(9-11)8-10-2-3-13(15)12(6-10)7-16/h2-3,6,11H,4-5,7-9,16H2,1H3. The molecule has 19 heavy (non-hydrogen) atoms. The Labute approximate surface area is 112 Å². The van der Waals surface area contributed by atoms with E-state index in [-0.39, 0.29) is 24.2 Å². The van der Waals surface area contributed by atoms with Crippen LogP contribution in [0.25, 0.3) is 0 Å². The minimum atomic E-state index is -0.264. The lowest BCUT2D eigenvalue weighted by molar-refractivity contribution is -0.144. The first-order valence-electron chi connectivity index (χ1n) is 6.41. The van der Waals surface area contributed by atoms with E-state index in [1.807, 2.05) is 0 Å². The Hall–Kier alpha value is -1.46. The van der Waals surface area contributed by atoms with E-state index in [9.17, 15) is 9.18 Å². The van der Waals surface area contributed by atoms with Crippen LogP contribution in [0.1, 0.15) is 17.5 Å². The zero-order chi connectivity index (χ0) is 13.8. The van der Waals surface area contributed by atoms with Crippen LogP contribution < -0.4 is 5.73 Å². The van der Waals surface area contributed by atoms with E-state index in [0.717, 1.165) is 18.5 Å². The maximum Gasteiger partial charge on any atom is 0.310 e. The van der Waals surface area contributed by atoms with Gasteiger partial charge in [-0.25, -0.2) is 4.39 Å². The van der Waals surface area contributed by atoms with Gasteiger partial charge in [0.1, 0.15) is 5.82 Å². The lowest BCUT2D eigenvalue weighted by Crippen LogP contribution is -2.23. The Morgan fingerprint density at radius 1 is 1.58 bits per heavy atom. The summed E-state index contributed by atoms with van der Waals surface area (Å²) < 4.78 is 18.1. The van der Waals surface area contributed by atoms with E-state index in [0.29, 0.717) is 18.7 Å². The molecule has 5 heteroatoms. The van der Waals surface area contributed by atoms with Gasteiger partial charge < -0.3 is 10.5 Å². The second-order valence-corrected chi connectivity index (χ2v) is 4.87. The van der Waals surface area contributed by atoms with Gasteiger partial charge in [0.2, 0.25) is 0 Å². The molecule has 1 fully saturated rings. The van der Waals surface area contributed by atoms with Gasteiger partial charge in [0.25, 0.3) is 0 Å². The maximum absolute atomic E-state index is 13.3. The normalized spacial score (nSPS) is 19.6. The summed E-state index contributed by atoms with van der Waals surface area (Å²) in [6, 6.07) is 5.01. The number of carbonyl (C=O) groups is 1. The average molecular weight is 266 g/mol. The summed E-state index contributed by atoms with van der Waals surface area (Å²) >= 11 is 0. The van der Waals surface area contributed by atoms with E-state index < -0.39 is 0 Å². The quantitative estimate of drug-likeness (QED) is 0.834. The molecule has 0 saturated carbocycles. The molecule has 0 bridgehead atoms. The van der Waals surface area contributed by atoms with Gasteiger partial charge in [-0.15, -0.1) is 0 Å². The fraction of sp³-hybridized carbons (Fsp3) is 0.500. The summed E-state index contributed by atoms with van der Waals surface area (Å²) in [4.78, 5) is 13.6. The van der Waals surface area contributed by atoms with E-state index in [4.69, 9.17) is 10.5 Å². The molecular formula is C14H19FN2O2. The molecule has 0 spiro atoms. The molecular weight excluding hydrogens is 247 g/mol. The summed E-state index contributed by atoms with van der Waals surface area (Å²) in [6.07, 6.45) is 0.817. The Balaban J connectivity index is 1.97. The number of rotatable bonds is 4. The van der Waals surface area contributed by atoms with Crippen LogP contribution in [0.15, 0.2) is 18.2 Å². The number of carbonyl (C=O) groups excluding carboxylic acids is 1. The monoisotopic (exact) mass is 266 g/mol. The maximum atomic E-state index is 13.3. The number of esters is 1. The highest BCUT2D eigenvalue weighted by atomic mass is 19.1. The molecule has 104 valence electrons. The fourth-order valence-corrected chi connectivity index (χ4v) is 2.48. The average Bonchev–Trinajstić information content (AvgIpc) is 2.88. The summed E-state index contributed by atoms with van der Waals surface area (Å²) in [5.41, 5.74) is 7.04. The fourth-order valence-electron chi connectivity index (χ4n) is 2.48. The lowest BCUT2D eigenvalue weighted by atomic mass is 10.1. The first kappa shape index (κ1) is 14.0. The first-order valence-corrected chi connectivity index (χ1v) is 6.41. The SMILES string of the molecule is COC(=O)C1CCN(Cc2ccc(F)c(CN)c2)C1. The van der Waals surface area contributed by atoms with Crippen LogP contribution in [0.2, 0.25) is 0 Å². The molecule has 0 aromatic heterocycles. The Bertz CT molecular complexity index is 465. The zero-order valence-corrected chi connectivity index (χ0v) is 11.1. The number of ether oxygens (including phenoxy) is 1. The van der Waals surface area contributed by atoms with E-state index in [1.54, 1.807) is 12.1 Å². The molecule has 4 nitrogen and oxygen atoms in total. The van der Waals surface area contributed by atoms with E-state index >= 15 is 0 Å². The number of hydrogen-bond donors (Lipinski definition) is 1. The molecule has 1 aromatic carbocycles. The number of halogens is 1. The van der Waals surface area contributed by atoms with Gasteiger partial charge >= 0.3 is 5.97 Å². The van der Waals surface area contributed by atoms with Crippen LogP contribution in [-0.4, -0.2) is 31.1 Å². The highest BCUT2D eigenvalue weighted by molar-refractivity contribution is 5.72. The second kappa shape index (κ2) is 6.12. The van der Waals surface area contributed by atoms with Gasteiger partial charge in [-0.3, -0.25) is 9.69 Å². The van der Waals surface area contributed by atoms with Crippen LogP contribution in [0.3, 0.4) is 0 Å². The van der Waals surface area contributed by atoms with Crippen molar-refractivity contribution in [2.75, 3.05) is 20.2 Å². The molecule has 1 unspecified atom stereocenters. The molecule has 0 radical (unpaired) electrons. The Morgan fingerprint density at radius 2 is 2.37 bits per heavy atom. The van der Waals surface area contributed by atoms with Gasteiger partial charge in [-0.1, -0.05) is 12.1 Å². The van der Waals surface area contributed by atoms with Crippen molar-refractivity contribution in [1.29, 1.82) is 0 Å². The number of hydrogen-bond acceptors (Lipinski definition) is 4. The van der Waals surface area contributed by atoms with Crippen molar-refractivity contribution >= 4 is 5.97 Å². The second-order valence-electron chi connectivity index (χ2n) is 4.87. The van der Waals surface area contributed by atoms with Crippen LogP contribution in [0.5, 0.6) is 0 Å². The van der Waals surface area contributed by atoms with Crippen molar-refractivity contribution in [3.63, 3.8) is 0 Å². The minimum Gasteiger partial charge on any atom is -0.469 e. The third-order valence-corrected chi connectivity index (χ3v) is 3.54. The topological polar surface area (TPSA) is 55.6 Å². The Morgan fingerprint density at radius 3 is 3.05 bits per heavy atom. The lowest BCUT2D eigenvalue weighted by Gasteiger charge is -2.16. The molecule has 1 atom stereocenters. The van der Waals surface area contributed by atoms with Crippen LogP contribution >= 0.6 is 0 Å². The molecule has 1 heterocycles. The molecule has 1 aliphatic heterocycles. The number of benzene rings is 1. The van der Waals surface area contributed by atoms with Gasteiger partial charge in [0, 0.05) is 25.2 Å². The van der Waals surface area contributed by atoms with Gasteiger partial charge in [0.15, 0.2) is 0 Å². The molecule has 2 N–H and O–H groups in total.